The average molecular weight is 485 g/mol. The maximum absolute atomic E-state index is 12.6. The van der Waals surface area contributed by atoms with Gasteiger partial charge in [0.1, 0.15) is 11.8 Å². The second kappa shape index (κ2) is 10.5. The molecule has 0 aliphatic heterocycles. The van der Waals surface area contributed by atoms with E-state index in [1.165, 1.54) is 55.2 Å². The van der Waals surface area contributed by atoms with Crippen LogP contribution in [0.3, 0.4) is 0 Å². The third kappa shape index (κ3) is 6.02. The Bertz CT molecular complexity index is 952. The molecule has 2 aliphatic carbocycles. The van der Waals surface area contributed by atoms with E-state index in [2.05, 4.69) is 52.6 Å². The van der Waals surface area contributed by atoms with Gasteiger partial charge in [-0.05, 0) is 109 Å². The maximum atomic E-state index is 12.6. The maximum Gasteiger partial charge on any atom is 0.328 e. The standard InChI is InChI=1S/C29H48N4O2/c1-7-20-17-21(35-25(34)22(30)10-8-15-33-26(31)32)16-19(2)24(20)29(6)14-11-23-27(3,4)12-9-13-28(23,5)18-29/h16-17,22-23H,7-15,18,30H2,1-6H3,(H4,31,32,33)/t22?,23-,28+,29+/m0/s1. The lowest BCUT2D eigenvalue weighted by molar-refractivity contribution is -0.136. The van der Waals surface area contributed by atoms with Gasteiger partial charge in [0.25, 0.3) is 0 Å². The Kier molecular flexibility index (Phi) is 8.25. The van der Waals surface area contributed by atoms with Gasteiger partial charge in [0, 0.05) is 6.54 Å². The first-order chi connectivity index (χ1) is 16.3. The fourth-order valence-corrected chi connectivity index (χ4v) is 7.70. The molecule has 35 heavy (non-hydrogen) atoms. The van der Waals surface area contributed by atoms with Crippen molar-refractivity contribution in [1.29, 1.82) is 0 Å². The molecule has 1 aromatic rings. The summed E-state index contributed by atoms with van der Waals surface area (Å²) in [6, 6.07) is 3.40. The minimum absolute atomic E-state index is 0.0483. The van der Waals surface area contributed by atoms with Crippen LogP contribution in [0.15, 0.2) is 17.1 Å². The summed E-state index contributed by atoms with van der Waals surface area (Å²) in [6.07, 6.45) is 9.74. The quantitative estimate of drug-likeness (QED) is 0.156. The highest BCUT2D eigenvalue weighted by Gasteiger charge is 2.53. The molecule has 3 rings (SSSR count). The minimum Gasteiger partial charge on any atom is -0.425 e. The van der Waals surface area contributed by atoms with Crippen molar-refractivity contribution in [2.75, 3.05) is 6.54 Å². The predicted molar refractivity (Wildman–Crippen MR) is 145 cm³/mol. The van der Waals surface area contributed by atoms with Gasteiger partial charge in [0.05, 0.1) is 0 Å². The number of hydrogen-bond donors (Lipinski definition) is 3. The molecule has 0 spiro atoms. The second-order valence-corrected chi connectivity index (χ2v) is 12.4. The first-order valence-electron chi connectivity index (χ1n) is 13.5. The Labute approximate surface area is 212 Å². The number of benzene rings is 1. The van der Waals surface area contributed by atoms with Gasteiger partial charge < -0.3 is 21.9 Å². The molecule has 0 aromatic heterocycles. The highest BCUT2D eigenvalue weighted by molar-refractivity contribution is 5.78. The van der Waals surface area contributed by atoms with Crippen molar-refractivity contribution in [2.45, 2.75) is 111 Å². The van der Waals surface area contributed by atoms with Gasteiger partial charge in [-0.1, -0.05) is 41.0 Å². The minimum atomic E-state index is -0.698. The van der Waals surface area contributed by atoms with Crippen LogP contribution in [0.25, 0.3) is 0 Å². The smallest absolute Gasteiger partial charge is 0.328 e. The second-order valence-electron chi connectivity index (χ2n) is 12.4. The monoisotopic (exact) mass is 484 g/mol. The van der Waals surface area contributed by atoms with E-state index in [0.29, 0.717) is 36.0 Å². The number of aryl methyl sites for hydroxylation is 2. The summed E-state index contributed by atoms with van der Waals surface area (Å²) in [4.78, 5) is 16.6. The molecule has 1 unspecified atom stereocenters. The van der Waals surface area contributed by atoms with Crippen molar-refractivity contribution in [3.8, 4) is 5.75 Å². The Morgan fingerprint density at radius 1 is 1.17 bits per heavy atom. The summed E-state index contributed by atoms with van der Waals surface area (Å²) in [5, 5.41) is 0. The number of hydrogen-bond acceptors (Lipinski definition) is 4. The SMILES string of the molecule is CCc1cc(OC(=O)C(N)CCCN=C(N)N)cc(C)c1[C@]1(C)CC[C@H]2C(C)(C)CCC[C@]2(C)C1. The molecule has 0 amide bonds. The number of carbonyl (C=O) groups excluding carboxylic acids is 1. The molecule has 2 fully saturated rings. The number of esters is 1. The molecule has 1 aromatic carbocycles. The van der Waals surface area contributed by atoms with E-state index in [1.54, 1.807) is 0 Å². The first-order valence-corrected chi connectivity index (χ1v) is 13.5. The Hall–Kier alpha value is -2.08. The summed E-state index contributed by atoms with van der Waals surface area (Å²) in [5.74, 6) is 1.02. The molecule has 0 saturated heterocycles. The molecule has 6 heteroatoms. The van der Waals surface area contributed by atoms with Gasteiger partial charge in [0.2, 0.25) is 0 Å². The van der Waals surface area contributed by atoms with E-state index in [1.807, 2.05) is 6.07 Å². The number of aliphatic imine (C=N–C) groups is 1. The van der Waals surface area contributed by atoms with Gasteiger partial charge in [-0.3, -0.25) is 4.99 Å². The molecule has 2 aliphatic rings. The van der Waals surface area contributed by atoms with Crippen LogP contribution in [-0.4, -0.2) is 24.5 Å². The van der Waals surface area contributed by atoms with E-state index in [-0.39, 0.29) is 11.4 Å². The van der Waals surface area contributed by atoms with Crippen LogP contribution < -0.4 is 21.9 Å². The van der Waals surface area contributed by atoms with Crippen molar-refractivity contribution in [3.63, 3.8) is 0 Å². The fraction of sp³-hybridized carbons (Fsp3) is 0.724. The Morgan fingerprint density at radius 2 is 1.89 bits per heavy atom. The van der Waals surface area contributed by atoms with Gasteiger partial charge in [0.15, 0.2) is 5.96 Å². The van der Waals surface area contributed by atoms with E-state index >= 15 is 0 Å². The van der Waals surface area contributed by atoms with Crippen LogP contribution in [0.1, 0.15) is 103 Å². The summed E-state index contributed by atoms with van der Waals surface area (Å²) in [7, 11) is 0. The summed E-state index contributed by atoms with van der Waals surface area (Å²) < 4.78 is 5.74. The van der Waals surface area contributed by atoms with E-state index in [4.69, 9.17) is 21.9 Å². The Morgan fingerprint density at radius 3 is 2.54 bits per heavy atom. The lowest BCUT2D eigenvalue weighted by Crippen LogP contribution is -2.50. The van der Waals surface area contributed by atoms with Crippen LogP contribution in [0.2, 0.25) is 0 Å². The zero-order valence-electron chi connectivity index (χ0n) is 22.9. The van der Waals surface area contributed by atoms with E-state index < -0.39 is 12.0 Å². The number of fused-ring (bicyclic) bond motifs is 1. The van der Waals surface area contributed by atoms with Gasteiger partial charge in [-0.2, -0.15) is 0 Å². The molecule has 0 heterocycles. The molecule has 4 atom stereocenters. The average Bonchev–Trinajstić information content (AvgIpc) is 2.74. The third-order valence-corrected chi connectivity index (χ3v) is 9.00. The summed E-state index contributed by atoms with van der Waals surface area (Å²) in [6.45, 7) is 14.8. The van der Waals surface area contributed by atoms with E-state index in [9.17, 15) is 4.79 Å². The zero-order valence-corrected chi connectivity index (χ0v) is 22.9. The van der Waals surface area contributed by atoms with Crippen molar-refractivity contribution in [2.24, 2.45) is 38.9 Å². The van der Waals surface area contributed by atoms with Gasteiger partial charge in [-0.25, -0.2) is 4.79 Å². The number of guanidine groups is 1. The number of nitrogens with zero attached hydrogens (tertiary/aromatic N) is 1. The largest absolute Gasteiger partial charge is 0.425 e. The normalized spacial score (nSPS) is 28.6. The van der Waals surface area contributed by atoms with Gasteiger partial charge in [-0.15, -0.1) is 0 Å². The lowest BCUT2D eigenvalue weighted by Gasteiger charge is -2.58. The van der Waals surface area contributed by atoms with Crippen LogP contribution in [0.4, 0.5) is 0 Å². The summed E-state index contributed by atoms with van der Waals surface area (Å²) in [5.41, 5.74) is 21.7. The molecule has 0 radical (unpaired) electrons. The van der Waals surface area contributed by atoms with E-state index in [0.717, 1.165) is 12.3 Å². The Balaban J connectivity index is 1.78. The van der Waals surface area contributed by atoms with Crippen molar-refractivity contribution >= 4 is 11.9 Å². The molecule has 6 N–H and O–H groups in total. The molecule has 2 saturated carbocycles. The highest BCUT2D eigenvalue weighted by Crippen LogP contribution is 2.62. The van der Waals surface area contributed by atoms with Crippen molar-refractivity contribution in [1.82, 2.24) is 0 Å². The highest BCUT2D eigenvalue weighted by atomic mass is 16.5. The molecular weight excluding hydrogens is 436 g/mol. The van der Waals surface area contributed by atoms with Crippen LogP contribution >= 0.6 is 0 Å². The fourth-order valence-electron chi connectivity index (χ4n) is 7.70. The lowest BCUT2D eigenvalue weighted by atomic mass is 9.46. The van der Waals surface area contributed by atoms with Crippen LogP contribution in [0.5, 0.6) is 5.75 Å². The zero-order chi connectivity index (χ0) is 26.0. The van der Waals surface area contributed by atoms with Gasteiger partial charge >= 0.3 is 5.97 Å². The number of rotatable bonds is 8. The predicted octanol–water partition coefficient (Wildman–Crippen LogP) is 5.12. The summed E-state index contributed by atoms with van der Waals surface area (Å²) >= 11 is 0. The van der Waals surface area contributed by atoms with Crippen molar-refractivity contribution < 1.29 is 9.53 Å². The number of nitrogens with two attached hydrogens (primary N) is 3. The molecule has 196 valence electrons. The third-order valence-electron chi connectivity index (χ3n) is 9.00. The number of ether oxygens (including phenoxy) is 1. The first kappa shape index (κ1) is 27.5. The molecule has 6 nitrogen and oxygen atoms in total. The molecule has 0 bridgehead atoms. The van der Waals surface area contributed by atoms with Crippen LogP contribution in [-0.2, 0) is 16.6 Å². The van der Waals surface area contributed by atoms with Crippen molar-refractivity contribution in [3.05, 3.63) is 28.8 Å². The topological polar surface area (TPSA) is 117 Å². The molecular formula is C29H48N4O2. The van der Waals surface area contributed by atoms with Crippen LogP contribution in [0, 0.1) is 23.7 Å². The number of carbonyl (C=O) groups is 1.